The Morgan fingerprint density at radius 2 is 2.00 bits per heavy atom. The summed E-state index contributed by atoms with van der Waals surface area (Å²) in [6.45, 7) is 1.25. The summed E-state index contributed by atoms with van der Waals surface area (Å²) in [5.74, 6) is -3.20. The number of aliphatic hydroxyl groups is 1. The number of benzene rings is 1. The zero-order chi connectivity index (χ0) is 18.7. The van der Waals surface area contributed by atoms with E-state index >= 15 is 0 Å². The first kappa shape index (κ1) is 19.1. The van der Waals surface area contributed by atoms with E-state index in [9.17, 15) is 19.5 Å². The maximum Gasteiger partial charge on any atom is 0.322 e. The molecule has 1 atom stereocenters. The van der Waals surface area contributed by atoms with E-state index in [1.807, 2.05) is 0 Å². The second kappa shape index (κ2) is 7.76. The van der Waals surface area contributed by atoms with Crippen LogP contribution >= 0.6 is 23.2 Å². The summed E-state index contributed by atoms with van der Waals surface area (Å²) >= 11 is 11.8. The van der Waals surface area contributed by atoms with E-state index in [0.717, 1.165) is 0 Å². The fraction of sp³-hybridized carbons (Fsp3) is 0.312. The van der Waals surface area contributed by atoms with Crippen molar-refractivity contribution in [2.75, 3.05) is 6.54 Å². The van der Waals surface area contributed by atoms with Crippen LogP contribution in [-0.2, 0) is 20.9 Å². The van der Waals surface area contributed by atoms with Crippen LogP contribution in [-0.4, -0.2) is 45.5 Å². The number of carbonyl (C=O) groups excluding carboxylic acids is 2. The molecule has 1 aromatic rings. The monoisotopic (exact) mass is 386 g/mol. The summed E-state index contributed by atoms with van der Waals surface area (Å²) in [7, 11) is 0. The fourth-order valence-corrected chi connectivity index (χ4v) is 2.81. The normalized spacial score (nSPS) is 17.6. The molecular formula is C16H16Cl2N2O5. The molecule has 2 amide bonds. The Kier molecular flexibility index (Phi) is 5.92. The van der Waals surface area contributed by atoms with Gasteiger partial charge in [0.25, 0.3) is 11.8 Å². The predicted molar refractivity (Wildman–Crippen MR) is 91.4 cm³/mol. The molecule has 1 aliphatic rings. The number of carboxylic acid groups (broad SMARTS) is 1. The maximum absolute atomic E-state index is 12.6. The summed E-state index contributed by atoms with van der Waals surface area (Å²) in [6, 6.07) is 4.58. The van der Waals surface area contributed by atoms with Gasteiger partial charge in [-0.05, 0) is 24.6 Å². The molecule has 25 heavy (non-hydrogen) atoms. The molecule has 1 aliphatic heterocycles. The van der Waals surface area contributed by atoms with Crippen LogP contribution in [0.4, 0.5) is 0 Å². The Morgan fingerprint density at radius 3 is 2.60 bits per heavy atom. The molecule has 2 rings (SSSR count). The molecule has 0 saturated heterocycles. The van der Waals surface area contributed by atoms with Crippen molar-refractivity contribution in [3.8, 4) is 0 Å². The first-order valence-corrected chi connectivity index (χ1v) is 8.13. The number of amides is 2. The summed E-state index contributed by atoms with van der Waals surface area (Å²) in [5.41, 5.74) is 0.265. The molecule has 0 saturated carbocycles. The van der Waals surface area contributed by atoms with Crippen molar-refractivity contribution in [3.63, 3.8) is 0 Å². The Morgan fingerprint density at radius 1 is 1.32 bits per heavy atom. The fourth-order valence-electron chi connectivity index (χ4n) is 2.49. The predicted octanol–water partition coefficient (Wildman–Crippen LogP) is 2.13. The third-order valence-corrected chi connectivity index (χ3v) is 4.49. The lowest BCUT2D eigenvalue weighted by Crippen LogP contribution is -2.47. The topological polar surface area (TPSA) is 107 Å². The van der Waals surface area contributed by atoms with E-state index in [1.54, 1.807) is 25.1 Å². The van der Waals surface area contributed by atoms with Crippen LogP contribution < -0.4 is 5.32 Å². The van der Waals surface area contributed by atoms with Gasteiger partial charge in [0.2, 0.25) is 0 Å². The molecule has 0 aromatic heterocycles. The number of nitrogens with zero attached hydrogens (tertiary/aromatic N) is 1. The van der Waals surface area contributed by atoms with E-state index in [4.69, 9.17) is 28.3 Å². The molecule has 7 nitrogen and oxygen atoms in total. The number of halogens is 2. The molecule has 0 bridgehead atoms. The van der Waals surface area contributed by atoms with Gasteiger partial charge < -0.3 is 20.4 Å². The van der Waals surface area contributed by atoms with Gasteiger partial charge in [-0.3, -0.25) is 14.4 Å². The maximum atomic E-state index is 12.6. The zero-order valence-electron chi connectivity index (χ0n) is 13.3. The van der Waals surface area contributed by atoms with E-state index in [0.29, 0.717) is 15.6 Å². The van der Waals surface area contributed by atoms with Gasteiger partial charge in [0.1, 0.15) is 17.9 Å². The van der Waals surface area contributed by atoms with E-state index < -0.39 is 29.9 Å². The first-order valence-electron chi connectivity index (χ1n) is 7.37. The van der Waals surface area contributed by atoms with Gasteiger partial charge in [0.05, 0.1) is 10.0 Å². The summed E-state index contributed by atoms with van der Waals surface area (Å²) in [6.07, 6.45) is 0.0862. The van der Waals surface area contributed by atoms with Gasteiger partial charge in [0, 0.05) is 19.0 Å². The van der Waals surface area contributed by atoms with Gasteiger partial charge in [-0.2, -0.15) is 0 Å². The minimum atomic E-state index is -1.25. The van der Waals surface area contributed by atoms with Crippen molar-refractivity contribution in [1.82, 2.24) is 10.2 Å². The highest BCUT2D eigenvalue weighted by Gasteiger charge is 2.36. The van der Waals surface area contributed by atoms with Crippen molar-refractivity contribution in [2.45, 2.75) is 25.9 Å². The van der Waals surface area contributed by atoms with Gasteiger partial charge >= 0.3 is 5.97 Å². The average Bonchev–Trinajstić information content (AvgIpc) is 2.52. The van der Waals surface area contributed by atoms with Crippen molar-refractivity contribution in [2.24, 2.45) is 0 Å². The van der Waals surface area contributed by atoms with Crippen LogP contribution in [0.5, 0.6) is 0 Å². The molecule has 1 unspecified atom stereocenters. The number of aliphatic carboxylic acids is 1. The molecule has 0 aliphatic carbocycles. The summed E-state index contributed by atoms with van der Waals surface area (Å²) in [4.78, 5) is 36.6. The van der Waals surface area contributed by atoms with Gasteiger partial charge in [-0.25, -0.2) is 0 Å². The highest BCUT2D eigenvalue weighted by Crippen LogP contribution is 2.27. The molecule has 1 aromatic carbocycles. The van der Waals surface area contributed by atoms with Crippen LogP contribution in [0.1, 0.15) is 18.9 Å². The van der Waals surface area contributed by atoms with Gasteiger partial charge in [-0.15, -0.1) is 0 Å². The molecule has 0 fully saturated rings. The third-order valence-electron chi connectivity index (χ3n) is 3.75. The van der Waals surface area contributed by atoms with Crippen LogP contribution in [0.15, 0.2) is 29.5 Å². The Bertz CT molecular complexity index is 763. The van der Waals surface area contributed by atoms with E-state index in [-0.39, 0.29) is 24.8 Å². The van der Waals surface area contributed by atoms with Crippen LogP contribution in [0.2, 0.25) is 10.0 Å². The standard InChI is InChI=1S/C16H16Cl2N2O5/c1-8-4-12(21)14(15(24)19-6-13(22)23)16(25)20(8)7-9-2-3-10(17)11(18)5-9/h2-3,5,8,21H,4,6-7H2,1H3,(H,19,24)(H,22,23). The number of carboxylic acids is 1. The van der Waals surface area contributed by atoms with E-state index in [1.165, 1.54) is 4.90 Å². The molecule has 9 heteroatoms. The number of aliphatic hydroxyl groups excluding tert-OH is 1. The molecule has 3 N–H and O–H groups in total. The Balaban J connectivity index is 2.22. The lowest BCUT2D eigenvalue weighted by molar-refractivity contribution is -0.139. The SMILES string of the molecule is CC1CC(O)=C(C(=O)NCC(=O)O)C(=O)N1Cc1ccc(Cl)c(Cl)c1. The minimum Gasteiger partial charge on any atom is -0.511 e. The first-order chi connectivity index (χ1) is 11.7. The second-order valence-electron chi connectivity index (χ2n) is 5.63. The van der Waals surface area contributed by atoms with Crippen molar-refractivity contribution < 1.29 is 24.6 Å². The lowest BCUT2D eigenvalue weighted by atomic mass is 9.99. The highest BCUT2D eigenvalue weighted by molar-refractivity contribution is 6.42. The van der Waals surface area contributed by atoms with Crippen LogP contribution in [0, 0.1) is 0 Å². The minimum absolute atomic E-state index is 0.0862. The highest BCUT2D eigenvalue weighted by atomic mass is 35.5. The third kappa shape index (κ3) is 4.43. The van der Waals surface area contributed by atoms with Crippen molar-refractivity contribution in [3.05, 3.63) is 45.1 Å². The van der Waals surface area contributed by atoms with Crippen LogP contribution in [0.25, 0.3) is 0 Å². The smallest absolute Gasteiger partial charge is 0.322 e. The zero-order valence-corrected chi connectivity index (χ0v) is 14.8. The number of nitrogens with one attached hydrogen (secondary N) is 1. The molecule has 134 valence electrons. The second-order valence-corrected chi connectivity index (χ2v) is 6.45. The molecule has 0 radical (unpaired) electrons. The van der Waals surface area contributed by atoms with Gasteiger partial charge in [0.15, 0.2) is 0 Å². The van der Waals surface area contributed by atoms with Crippen LogP contribution in [0.3, 0.4) is 0 Å². The Labute approximate surface area is 153 Å². The summed E-state index contributed by atoms with van der Waals surface area (Å²) in [5, 5.41) is 21.4. The average molecular weight is 387 g/mol. The molecular weight excluding hydrogens is 371 g/mol. The molecule has 0 spiro atoms. The Hall–Kier alpha value is -2.25. The molecule has 1 heterocycles. The number of hydrogen-bond donors (Lipinski definition) is 3. The summed E-state index contributed by atoms with van der Waals surface area (Å²) < 4.78 is 0. The lowest BCUT2D eigenvalue weighted by Gasteiger charge is -2.34. The number of carbonyl (C=O) groups is 3. The van der Waals surface area contributed by atoms with E-state index in [2.05, 4.69) is 5.32 Å². The van der Waals surface area contributed by atoms with Crippen molar-refractivity contribution >= 4 is 41.0 Å². The largest absolute Gasteiger partial charge is 0.511 e. The van der Waals surface area contributed by atoms with Gasteiger partial charge in [-0.1, -0.05) is 29.3 Å². The number of hydrogen-bond acceptors (Lipinski definition) is 4. The number of rotatable bonds is 5. The van der Waals surface area contributed by atoms with Crippen molar-refractivity contribution in [1.29, 1.82) is 0 Å². The quantitative estimate of drug-likeness (QED) is 0.671.